The summed E-state index contributed by atoms with van der Waals surface area (Å²) in [6.07, 6.45) is 12.6. The molecule has 3 aromatic rings. The standard InChI is InChI=1S/C21H24N4O/c1-2-19-18(8-13-25(19)15-16-4-5-16)20(3-1)26-17-6-11-24(12-7-17)21-14-22-9-10-23-21/h1-3,8-10,13-14,16-17H,4-7,11-12,15H2. The van der Waals surface area contributed by atoms with E-state index in [0.717, 1.165) is 50.0 Å². The molecule has 5 rings (SSSR count). The molecule has 134 valence electrons. The van der Waals surface area contributed by atoms with Crippen LogP contribution >= 0.6 is 0 Å². The number of nitrogens with zero attached hydrogens (tertiary/aromatic N) is 4. The molecule has 2 fully saturated rings. The van der Waals surface area contributed by atoms with E-state index in [9.17, 15) is 0 Å². The maximum atomic E-state index is 6.41. The first-order chi connectivity index (χ1) is 12.9. The van der Waals surface area contributed by atoms with Gasteiger partial charge in [-0.3, -0.25) is 4.98 Å². The number of rotatable bonds is 5. The molecule has 5 nitrogen and oxygen atoms in total. The summed E-state index contributed by atoms with van der Waals surface area (Å²) in [5.74, 6) is 2.86. The van der Waals surface area contributed by atoms with Crippen molar-refractivity contribution in [2.75, 3.05) is 18.0 Å². The summed E-state index contributed by atoms with van der Waals surface area (Å²) in [5, 5.41) is 1.24. The maximum absolute atomic E-state index is 6.41. The molecule has 1 aromatic carbocycles. The van der Waals surface area contributed by atoms with E-state index in [1.54, 1.807) is 12.4 Å². The highest BCUT2D eigenvalue weighted by Crippen LogP contribution is 2.34. The maximum Gasteiger partial charge on any atom is 0.147 e. The van der Waals surface area contributed by atoms with Gasteiger partial charge in [-0.15, -0.1) is 0 Å². The average Bonchev–Trinajstić information content (AvgIpc) is 3.42. The largest absolute Gasteiger partial charge is 0.490 e. The van der Waals surface area contributed by atoms with Gasteiger partial charge in [-0.25, -0.2) is 4.98 Å². The van der Waals surface area contributed by atoms with E-state index in [1.807, 2.05) is 6.20 Å². The van der Waals surface area contributed by atoms with Crippen molar-refractivity contribution >= 4 is 16.7 Å². The quantitative estimate of drug-likeness (QED) is 0.702. The van der Waals surface area contributed by atoms with Gasteiger partial charge in [-0.1, -0.05) is 6.07 Å². The van der Waals surface area contributed by atoms with Gasteiger partial charge in [0.2, 0.25) is 0 Å². The molecule has 0 amide bonds. The van der Waals surface area contributed by atoms with Crippen molar-refractivity contribution < 1.29 is 4.74 Å². The molecule has 2 aromatic heterocycles. The van der Waals surface area contributed by atoms with Gasteiger partial charge in [0, 0.05) is 56.5 Å². The Morgan fingerprint density at radius 3 is 2.69 bits per heavy atom. The fourth-order valence-electron chi connectivity index (χ4n) is 3.87. The lowest BCUT2D eigenvalue weighted by Gasteiger charge is -2.32. The topological polar surface area (TPSA) is 43.2 Å². The first-order valence-electron chi connectivity index (χ1n) is 9.62. The molecule has 5 heteroatoms. The molecule has 1 aliphatic heterocycles. The predicted octanol–water partition coefficient (Wildman–Crippen LogP) is 3.89. The summed E-state index contributed by atoms with van der Waals surface area (Å²) in [5.41, 5.74) is 1.30. The fraction of sp³-hybridized carbons (Fsp3) is 0.429. The number of ether oxygens (including phenoxy) is 1. The lowest BCUT2D eigenvalue weighted by molar-refractivity contribution is 0.173. The van der Waals surface area contributed by atoms with E-state index in [0.29, 0.717) is 0 Å². The monoisotopic (exact) mass is 348 g/mol. The zero-order valence-corrected chi connectivity index (χ0v) is 14.9. The van der Waals surface area contributed by atoms with E-state index >= 15 is 0 Å². The molecule has 0 unspecified atom stereocenters. The number of piperidine rings is 1. The summed E-state index contributed by atoms with van der Waals surface area (Å²) in [6.45, 7) is 3.06. The number of anilines is 1. The van der Waals surface area contributed by atoms with Gasteiger partial charge in [0.1, 0.15) is 17.7 Å². The minimum atomic E-state index is 0.264. The Labute approximate surface area is 153 Å². The second kappa shape index (κ2) is 6.63. The van der Waals surface area contributed by atoms with Gasteiger partial charge in [-0.05, 0) is 37.0 Å². The molecule has 0 radical (unpaired) electrons. The average molecular weight is 348 g/mol. The second-order valence-electron chi connectivity index (χ2n) is 7.47. The SMILES string of the molecule is c1cc(OC2CCN(c3cnccn3)CC2)c2ccn(CC3CC3)c2c1. The van der Waals surface area contributed by atoms with Crippen molar-refractivity contribution in [1.29, 1.82) is 0 Å². The molecule has 2 aliphatic rings. The molecular weight excluding hydrogens is 324 g/mol. The molecule has 0 bridgehead atoms. The van der Waals surface area contributed by atoms with Crippen LogP contribution in [0.4, 0.5) is 5.82 Å². The van der Waals surface area contributed by atoms with Gasteiger partial charge in [0.25, 0.3) is 0 Å². The Morgan fingerprint density at radius 2 is 1.92 bits per heavy atom. The summed E-state index contributed by atoms with van der Waals surface area (Å²) in [4.78, 5) is 10.9. The van der Waals surface area contributed by atoms with Crippen molar-refractivity contribution in [1.82, 2.24) is 14.5 Å². The third kappa shape index (κ3) is 3.14. The Balaban J connectivity index is 1.27. The molecule has 26 heavy (non-hydrogen) atoms. The smallest absolute Gasteiger partial charge is 0.147 e. The zero-order valence-electron chi connectivity index (χ0n) is 14.9. The minimum Gasteiger partial charge on any atom is -0.490 e. The summed E-state index contributed by atoms with van der Waals surface area (Å²) >= 11 is 0. The van der Waals surface area contributed by atoms with Crippen LogP contribution in [-0.4, -0.2) is 33.7 Å². The van der Waals surface area contributed by atoms with Crippen LogP contribution in [0.3, 0.4) is 0 Å². The minimum absolute atomic E-state index is 0.264. The predicted molar refractivity (Wildman–Crippen MR) is 103 cm³/mol. The Morgan fingerprint density at radius 1 is 1.04 bits per heavy atom. The Hall–Kier alpha value is -2.56. The summed E-state index contributed by atoms with van der Waals surface area (Å²) in [7, 11) is 0. The number of hydrogen-bond acceptors (Lipinski definition) is 4. The highest BCUT2D eigenvalue weighted by atomic mass is 16.5. The third-order valence-corrected chi connectivity index (χ3v) is 5.53. The fourth-order valence-corrected chi connectivity index (χ4v) is 3.87. The third-order valence-electron chi connectivity index (χ3n) is 5.53. The van der Waals surface area contributed by atoms with Gasteiger partial charge in [-0.2, -0.15) is 0 Å². The highest BCUT2D eigenvalue weighted by Gasteiger charge is 2.24. The molecule has 0 atom stereocenters. The van der Waals surface area contributed by atoms with E-state index in [1.165, 1.54) is 23.7 Å². The van der Waals surface area contributed by atoms with Crippen molar-refractivity contribution in [3.8, 4) is 5.75 Å². The number of benzene rings is 1. The van der Waals surface area contributed by atoms with Crippen LogP contribution in [0.5, 0.6) is 5.75 Å². The van der Waals surface area contributed by atoms with E-state index < -0.39 is 0 Å². The van der Waals surface area contributed by atoms with Crippen LogP contribution < -0.4 is 9.64 Å². The molecule has 1 saturated heterocycles. The highest BCUT2D eigenvalue weighted by molar-refractivity contribution is 5.86. The molecular formula is C21H24N4O. The van der Waals surface area contributed by atoms with Crippen molar-refractivity contribution in [3.63, 3.8) is 0 Å². The van der Waals surface area contributed by atoms with Crippen LogP contribution in [0, 0.1) is 5.92 Å². The van der Waals surface area contributed by atoms with Crippen molar-refractivity contribution in [3.05, 3.63) is 49.1 Å². The van der Waals surface area contributed by atoms with E-state index in [2.05, 4.69) is 49.9 Å². The van der Waals surface area contributed by atoms with Gasteiger partial charge in [0.05, 0.1) is 11.7 Å². The summed E-state index contributed by atoms with van der Waals surface area (Å²) in [6, 6.07) is 8.65. The molecule has 1 aliphatic carbocycles. The summed E-state index contributed by atoms with van der Waals surface area (Å²) < 4.78 is 8.80. The van der Waals surface area contributed by atoms with E-state index in [-0.39, 0.29) is 6.10 Å². The van der Waals surface area contributed by atoms with Crippen LogP contribution in [0.1, 0.15) is 25.7 Å². The van der Waals surface area contributed by atoms with Crippen molar-refractivity contribution in [2.45, 2.75) is 38.3 Å². The lowest BCUT2D eigenvalue weighted by Crippen LogP contribution is -2.38. The van der Waals surface area contributed by atoms with Crippen molar-refractivity contribution in [2.24, 2.45) is 5.92 Å². The molecule has 3 heterocycles. The molecule has 0 N–H and O–H groups in total. The molecule has 0 spiro atoms. The second-order valence-corrected chi connectivity index (χ2v) is 7.47. The van der Waals surface area contributed by atoms with E-state index in [4.69, 9.17) is 4.74 Å². The normalized spacial score (nSPS) is 18.4. The van der Waals surface area contributed by atoms with Crippen LogP contribution in [0.25, 0.3) is 10.9 Å². The van der Waals surface area contributed by atoms with Crippen LogP contribution in [0.15, 0.2) is 49.1 Å². The first-order valence-corrected chi connectivity index (χ1v) is 9.62. The molecule has 1 saturated carbocycles. The zero-order chi connectivity index (χ0) is 17.3. The van der Waals surface area contributed by atoms with Crippen LogP contribution in [-0.2, 0) is 6.54 Å². The Bertz CT molecular complexity index is 879. The van der Waals surface area contributed by atoms with Crippen LogP contribution in [0.2, 0.25) is 0 Å². The number of aromatic nitrogens is 3. The van der Waals surface area contributed by atoms with Gasteiger partial charge < -0.3 is 14.2 Å². The first kappa shape index (κ1) is 15.7. The van der Waals surface area contributed by atoms with Gasteiger partial charge in [0.15, 0.2) is 0 Å². The number of hydrogen-bond donors (Lipinski definition) is 0. The van der Waals surface area contributed by atoms with Gasteiger partial charge >= 0.3 is 0 Å². The lowest BCUT2D eigenvalue weighted by atomic mass is 10.1. The Kier molecular flexibility index (Phi) is 4.00. The number of fused-ring (bicyclic) bond motifs is 1.